The topological polar surface area (TPSA) is 74.2 Å². The first kappa shape index (κ1) is 18.6. The molecule has 0 spiro atoms. The summed E-state index contributed by atoms with van der Waals surface area (Å²) in [6.45, 7) is 3.60. The summed E-state index contributed by atoms with van der Waals surface area (Å²) >= 11 is 8.76. The van der Waals surface area contributed by atoms with Crippen LogP contribution < -0.4 is 10.6 Å². The van der Waals surface area contributed by atoms with Gasteiger partial charge in [0.15, 0.2) is 0 Å². The van der Waals surface area contributed by atoms with Crippen molar-refractivity contribution >= 4 is 52.6 Å². The average molecular weight is 394 g/mol. The monoisotopic (exact) mass is 393 g/mol. The van der Waals surface area contributed by atoms with Gasteiger partial charge in [-0.3, -0.25) is 4.79 Å². The van der Waals surface area contributed by atoms with Crippen molar-refractivity contribution in [2.45, 2.75) is 13.0 Å². The minimum absolute atomic E-state index is 0. The highest BCUT2D eigenvalue weighted by Crippen LogP contribution is 2.34. The van der Waals surface area contributed by atoms with Gasteiger partial charge in [0.1, 0.15) is 9.88 Å². The van der Waals surface area contributed by atoms with Crippen molar-refractivity contribution in [3.8, 4) is 9.88 Å². The van der Waals surface area contributed by atoms with Gasteiger partial charge in [-0.25, -0.2) is 4.98 Å². The Bertz CT molecular complexity index is 689. The lowest BCUT2D eigenvalue weighted by atomic mass is 10.1. The Morgan fingerprint density at radius 2 is 2.26 bits per heavy atom. The van der Waals surface area contributed by atoms with Crippen LogP contribution in [-0.2, 0) is 0 Å². The van der Waals surface area contributed by atoms with Gasteiger partial charge in [0, 0.05) is 25.6 Å². The van der Waals surface area contributed by atoms with Crippen molar-refractivity contribution in [1.29, 1.82) is 0 Å². The predicted octanol–water partition coefficient (Wildman–Crippen LogP) is 2.57. The molecule has 3 rings (SSSR count). The molecular weight excluding hydrogens is 377 g/mol. The molecular formula is C14H17Cl2N3O2S2. The zero-order valence-electron chi connectivity index (χ0n) is 12.3. The molecule has 2 aromatic heterocycles. The third kappa shape index (κ3) is 4.23. The summed E-state index contributed by atoms with van der Waals surface area (Å²) < 4.78 is 0.705. The van der Waals surface area contributed by atoms with E-state index in [0.717, 1.165) is 16.4 Å². The lowest BCUT2D eigenvalue weighted by molar-refractivity contribution is 0.0930. The van der Waals surface area contributed by atoms with E-state index < -0.39 is 6.10 Å². The second kappa shape index (κ2) is 7.92. The van der Waals surface area contributed by atoms with Crippen molar-refractivity contribution in [2.75, 3.05) is 19.6 Å². The number of aromatic nitrogens is 1. The van der Waals surface area contributed by atoms with Gasteiger partial charge in [0.05, 0.1) is 21.0 Å². The number of nitrogens with one attached hydrogen (secondary N) is 2. The number of aliphatic hydroxyl groups is 1. The number of nitrogens with zero attached hydrogens (tertiary/aromatic N) is 1. The number of aryl methyl sites for hydroxylation is 1. The predicted molar refractivity (Wildman–Crippen MR) is 97.1 cm³/mol. The smallest absolute Gasteiger partial charge is 0.263 e. The van der Waals surface area contributed by atoms with Crippen LogP contribution in [0, 0.1) is 12.8 Å². The summed E-state index contributed by atoms with van der Waals surface area (Å²) in [6, 6.07) is 3.74. The Morgan fingerprint density at radius 3 is 2.87 bits per heavy atom. The molecule has 0 bridgehead atoms. The molecule has 3 heterocycles. The number of hydrogen-bond donors (Lipinski definition) is 3. The van der Waals surface area contributed by atoms with Crippen molar-refractivity contribution in [3.05, 3.63) is 27.0 Å². The molecule has 1 amide bonds. The van der Waals surface area contributed by atoms with E-state index in [2.05, 4.69) is 15.6 Å². The minimum Gasteiger partial charge on any atom is -0.391 e. The normalized spacial score (nSPS) is 20.3. The Balaban J connectivity index is 0.00000192. The van der Waals surface area contributed by atoms with E-state index in [0.29, 0.717) is 28.0 Å². The molecule has 0 saturated carbocycles. The van der Waals surface area contributed by atoms with Gasteiger partial charge in [0.2, 0.25) is 0 Å². The Morgan fingerprint density at radius 1 is 1.48 bits per heavy atom. The van der Waals surface area contributed by atoms with Crippen LogP contribution in [0.1, 0.15) is 15.4 Å². The van der Waals surface area contributed by atoms with Crippen LogP contribution in [0.4, 0.5) is 0 Å². The van der Waals surface area contributed by atoms with Crippen LogP contribution in [0.2, 0.25) is 4.34 Å². The third-order valence-electron chi connectivity index (χ3n) is 3.62. The number of hydrogen-bond acceptors (Lipinski definition) is 6. The molecule has 1 aliphatic rings. The number of halogens is 2. The molecule has 1 fully saturated rings. The summed E-state index contributed by atoms with van der Waals surface area (Å²) in [5.74, 6) is -0.0734. The number of aliphatic hydroxyl groups excluding tert-OH is 1. The molecule has 2 unspecified atom stereocenters. The molecule has 126 valence electrons. The summed E-state index contributed by atoms with van der Waals surface area (Å²) in [6.07, 6.45) is -0.397. The molecule has 1 saturated heterocycles. The van der Waals surface area contributed by atoms with Gasteiger partial charge in [0.25, 0.3) is 5.91 Å². The molecule has 23 heavy (non-hydrogen) atoms. The van der Waals surface area contributed by atoms with Crippen LogP contribution >= 0.6 is 46.7 Å². The third-order valence-corrected chi connectivity index (χ3v) is 6.17. The van der Waals surface area contributed by atoms with Crippen LogP contribution in [-0.4, -0.2) is 41.7 Å². The fraction of sp³-hybridized carbons (Fsp3) is 0.429. The van der Waals surface area contributed by atoms with Crippen LogP contribution in [0.5, 0.6) is 0 Å². The van der Waals surface area contributed by atoms with Crippen molar-refractivity contribution in [2.24, 2.45) is 5.92 Å². The van der Waals surface area contributed by atoms with Gasteiger partial charge in [-0.15, -0.1) is 35.1 Å². The van der Waals surface area contributed by atoms with Gasteiger partial charge in [-0.05, 0) is 19.1 Å². The fourth-order valence-corrected chi connectivity index (χ4v) is 4.45. The standard InChI is InChI=1S/C14H16ClN3O2S2.ClH/c1-7-12(13(20)17-5-8-4-16-6-9(8)19)22-14(18-7)10-2-3-11(15)21-10;/h2-3,8-9,16,19H,4-6H2,1H3,(H,17,20);1H. The van der Waals surface area contributed by atoms with E-state index in [1.807, 2.05) is 19.1 Å². The molecule has 2 atom stereocenters. The number of thiazole rings is 1. The molecule has 5 nitrogen and oxygen atoms in total. The quantitative estimate of drug-likeness (QED) is 0.745. The van der Waals surface area contributed by atoms with Crippen LogP contribution in [0.3, 0.4) is 0 Å². The first-order valence-electron chi connectivity index (χ1n) is 6.94. The summed E-state index contributed by atoms with van der Waals surface area (Å²) in [7, 11) is 0. The van der Waals surface area contributed by atoms with Gasteiger partial charge >= 0.3 is 0 Å². The van der Waals surface area contributed by atoms with Crippen LogP contribution in [0.15, 0.2) is 12.1 Å². The van der Waals surface area contributed by atoms with Crippen LogP contribution in [0.25, 0.3) is 9.88 Å². The second-order valence-electron chi connectivity index (χ2n) is 5.23. The number of rotatable bonds is 4. The zero-order valence-corrected chi connectivity index (χ0v) is 15.5. The SMILES string of the molecule is Cc1nc(-c2ccc(Cl)s2)sc1C(=O)NCC1CNCC1O.Cl. The fourth-order valence-electron chi connectivity index (χ4n) is 2.37. The largest absolute Gasteiger partial charge is 0.391 e. The Labute approximate surface area is 153 Å². The molecule has 0 aromatic carbocycles. The van der Waals surface area contributed by atoms with E-state index in [1.54, 1.807) is 0 Å². The van der Waals surface area contributed by atoms with E-state index in [1.165, 1.54) is 22.7 Å². The highest BCUT2D eigenvalue weighted by Gasteiger charge is 2.26. The number of β-amino-alcohol motifs (C(OH)–C–C–N with tert-alkyl or cyclic N) is 1. The maximum atomic E-state index is 12.3. The molecule has 3 N–H and O–H groups in total. The Kier molecular flexibility index (Phi) is 6.41. The summed E-state index contributed by atoms with van der Waals surface area (Å²) in [4.78, 5) is 18.3. The maximum Gasteiger partial charge on any atom is 0.263 e. The molecule has 2 aromatic rings. The van der Waals surface area contributed by atoms with E-state index in [4.69, 9.17) is 11.6 Å². The lowest BCUT2D eigenvalue weighted by Gasteiger charge is -2.13. The second-order valence-corrected chi connectivity index (χ2v) is 7.95. The molecule has 0 radical (unpaired) electrons. The molecule has 9 heteroatoms. The van der Waals surface area contributed by atoms with E-state index in [-0.39, 0.29) is 24.2 Å². The van der Waals surface area contributed by atoms with Crippen molar-refractivity contribution in [3.63, 3.8) is 0 Å². The Hall–Kier alpha value is -0.700. The van der Waals surface area contributed by atoms with E-state index in [9.17, 15) is 9.90 Å². The van der Waals surface area contributed by atoms with Gasteiger partial charge < -0.3 is 15.7 Å². The van der Waals surface area contributed by atoms with Gasteiger partial charge in [-0.2, -0.15) is 0 Å². The first-order chi connectivity index (χ1) is 10.5. The van der Waals surface area contributed by atoms with Crippen molar-refractivity contribution in [1.82, 2.24) is 15.6 Å². The molecule has 1 aliphatic heterocycles. The number of thiophene rings is 1. The number of carbonyl (C=O) groups excluding carboxylic acids is 1. The molecule has 0 aliphatic carbocycles. The van der Waals surface area contributed by atoms with Crippen molar-refractivity contribution < 1.29 is 9.90 Å². The van der Waals surface area contributed by atoms with Gasteiger partial charge in [-0.1, -0.05) is 11.6 Å². The maximum absolute atomic E-state index is 12.3. The first-order valence-corrected chi connectivity index (χ1v) is 8.96. The highest BCUT2D eigenvalue weighted by atomic mass is 35.5. The zero-order chi connectivity index (χ0) is 15.7. The number of amides is 1. The summed E-state index contributed by atoms with van der Waals surface area (Å²) in [5.41, 5.74) is 0.715. The highest BCUT2D eigenvalue weighted by molar-refractivity contribution is 7.24. The lowest BCUT2D eigenvalue weighted by Crippen LogP contribution is -2.34. The number of carbonyl (C=O) groups is 1. The minimum atomic E-state index is -0.397. The average Bonchev–Trinajstić information content (AvgIpc) is 3.17. The summed E-state index contributed by atoms with van der Waals surface area (Å²) in [5, 5.41) is 16.5. The van der Waals surface area contributed by atoms with E-state index >= 15 is 0 Å².